The van der Waals surface area contributed by atoms with E-state index in [1.165, 1.54) is 12.3 Å². The van der Waals surface area contributed by atoms with Gasteiger partial charge in [-0.15, -0.1) is 0 Å². The molecule has 4 nitrogen and oxygen atoms in total. The number of aromatic nitrogens is 1. The number of amides is 1. The Bertz CT molecular complexity index is 651. The lowest BCUT2D eigenvalue weighted by Crippen LogP contribution is -2.22. The number of hydrogen-bond acceptors (Lipinski definition) is 2. The molecule has 1 heterocycles. The van der Waals surface area contributed by atoms with E-state index >= 15 is 0 Å². The van der Waals surface area contributed by atoms with E-state index in [-0.39, 0.29) is 10.9 Å². The molecule has 16 heavy (non-hydrogen) atoms. The van der Waals surface area contributed by atoms with Gasteiger partial charge in [-0.2, -0.15) is 0 Å². The first-order valence-electron chi connectivity index (χ1n) is 4.31. The Labute approximate surface area is 97.4 Å². The maximum atomic E-state index is 13.5. The highest BCUT2D eigenvalue weighted by Gasteiger charge is 2.14. The van der Waals surface area contributed by atoms with Crippen LogP contribution in [0.25, 0.3) is 10.9 Å². The van der Waals surface area contributed by atoms with Gasteiger partial charge in [-0.05, 0) is 28.1 Å². The summed E-state index contributed by atoms with van der Waals surface area (Å²) in [6.45, 7) is 0. The molecule has 0 aliphatic heterocycles. The molecular formula is C10H6BrFN2O2. The molecule has 0 spiro atoms. The lowest BCUT2D eigenvalue weighted by molar-refractivity contribution is 0.0999. The number of fused-ring (bicyclic) bond motifs is 1. The van der Waals surface area contributed by atoms with E-state index in [4.69, 9.17) is 5.73 Å². The van der Waals surface area contributed by atoms with Crippen molar-refractivity contribution in [3.05, 3.63) is 44.4 Å². The highest BCUT2D eigenvalue weighted by atomic mass is 79.9. The number of pyridine rings is 1. The maximum absolute atomic E-state index is 13.5. The predicted octanol–water partition coefficient (Wildman–Crippen LogP) is 1.53. The Morgan fingerprint density at radius 2 is 2.12 bits per heavy atom. The van der Waals surface area contributed by atoms with Crippen LogP contribution in [-0.2, 0) is 0 Å². The highest BCUT2D eigenvalue weighted by Crippen LogP contribution is 2.22. The van der Waals surface area contributed by atoms with Crippen molar-refractivity contribution in [2.75, 3.05) is 0 Å². The fourth-order valence-corrected chi connectivity index (χ4v) is 1.89. The van der Waals surface area contributed by atoms with Gasteiger partial charge < -0.3 is 10.7 Å². The third-order valence-corrected chi connectivity index (χ3v) is 2.86. The second kappa shape index (κ2) is 3.71. The van der Waals surface area contributed by atoms with Gasteiger partial charge in [-0.3, -0.25) is 9.59 Å². The normalized spacial score (nSPS) is 10.6. The van der Waals surface area contributed by atoms with Gasteiger partial charge >= 0.3 is 0 Å². The van der Waals surface area contributed by atoms with Gasteiger partial charge in [0.05, 0.1) is 10.9 Å². The molecule has 2 rings (SSSR count). The molecule has 0 saturated carbocycles. The average molecular weight is 285 g/mol. The molecule has 2 aromatic rings. The van der Waals surface area contributed by atoms with Crippen molar-refractivity contribution in [3.8, 4) is 0 Å². The van der Waals surface area contributed by atoms with Crippen LogP contribution in [0.5, 0.6) is 0 Å². The molecule has 0 aliphatic carbocycles. The summed E-state index contributed by atoms with van der Waals surface area (Å²) in [7, 11) is 0. The monoisotopic (exact) mass is 284 g/mol. The van der Waals surface area contributed by atoms with E-state index in [9.17, 15) is 14.0 Å². The molecule has 0 radical (unpaired) electrons. The molecule has 3 N–H and O–H groups in total. The van der Waals surface area contributed by atoms with Gasteiger partial charge in [-0.25, -0.2) is 4.39 Å². The first kappa shape index (κ1) is 10.8. The minimum Gasteiger partial charge on any atom is -0.365 e. The average Bonchev–Trinajstić information content (AvgIpc) is 2.23. The van der Waals surface area contributed by atoms with Crippen LogP contribution in [0.3, 0.4) is 0 Å². The summed E-state index contributed by atoms with van der Waals surface area (Å²) < 4.78 is 14.0. The van der Waals surface area contributed by atoms with E-state index in [0.717, 1.165) is 6.07 Å². The molecule has 0 saturated heterocycles. The van der Waals surface area contributed by atoms with Crippen LogP contribution in [0.1, 0.15) is 10.4 Å². The van der Waals surface area contributed by atoms with Gasteiger partial charge in [0.2, 0.25) is 5.43 Å². The quantitative estimate of drug-likeness (QED) is 0.833. The molecule has 0 unspecified atom stereocenters. The van der Waals surface area contributed by atoms with Gasteiger partial charge in [-0.1, -0.05) is 0 Å². The second-order valence-electron chi connectivity index (χ2n) is 3.17. The van der Waals surface area contributed by atoms with E-state index in [0.29, 0.717) is 9.99 Å². The fraction of sp³-hybridized carbons (Fsp3) is 0. The van der Waals surface area contributed by atoms with Crippen LogP contribution in [0.4, 0.5) is 4.39 Å². The summed E-state index contributed by atoms with van der Waals surface area (Å²) in [5.41, 5.74) is 4.33. The van der Waals surface area contributed by atoms with Gasteiger partial charge in [0.25, 0.3) is 5.91 Å². The zero-order valence-corrected chi connectivity index (χ0v) is 9.47. The van der Waals surface area contributed by atoms with Gasteiger partial charge in [0, 0.05) is 10.7 Å². The fourth-order valence-electron chi connectivity index (χ4n) is 1.44. The molecule has 0 bridgehead atoms. The van der Waals surface area contributed by atoms with E-state index in [1.54, 1.807) is 0 Å². The Kier molecular flexibility index (Phi) is 2.51. The van der Waals surface area contributed by atoms with Crippen molar-refractivity contribution in [3.63, 3.8) is 0 Å². The summed E-state index contributed by atoms with van der Waals surface area (Å²) in [5, 5.41) is -0.175. The summed E-state index contributed by atoms with van der Waals surface area (Å²) in [4.78, 5) is 25.4. The van der Waals surface area contributed by atoms with E-state index in [1.807, 2.05) is 0 Å². The van der Waals surface area contributed by atoms with Crippen molar-refractivity contribution in [1.29, 1.82) is 0 Å². The molecule has 82 valence electrons. The molecule has 0 fully saturated rings. The third kappa shape index (κ3) is 1.51. The summed E-state index contributed by atoms with van der Waals surface area (Å²) in [5.74, 6) is -1.58. The Hall–Kier alpha value is -1.69. The van der Waals surface area contributed by atoms with Crippen molar-refractivity contribution in [2.24, 2.45) is 5.73 Å². The number of carbonyl (C=O) groups excluding carboxylic acids is 1. The number of aromatic amines is 1. The smallest absolute Gasteiger partial charge is 0.254 e. The summed E-state index contributed by atoms with van der Waals surface area (Å²) >= 11 is 3.17. The van der Waals surface area contributed by atoms with Crippen LogP contribution in [0.15, 0.2) is 27.6 Å². The van der Waals surface area contributed by atoms with E-state index in [2.05, 4.69) is 20.9 Å². The number of halogens is 2. The van der Waals surface area contributed by atoms with Crippen LogP contribution >= 0.6 is 15.9 Å². The van der Waals surface area contributed by atoms with Crippen LogP contribution in [-0.4, -0.2) is 10.9 Å². The van der Waals surface area contributed by atoms with Crippen LogP contribution in [0, 0.1) is 5.82 Å². The number of carbonyl (C=O) groups is 1. The van der Waals surface area contributed by atoms with Crippen molar-refractivity contribution in [2.45, 2.75) is 0 Å². The number of nitrogens with two attached hydrogens (primary N) is 1. The number of primary amides is 1. The Balaban J connectivity index is 3.00. The van der Waals surface area contributed by atoms with Gasteiger partial charge in [0.1, 0.15) is 11.4 Å². The zero-order chi connectivity index (χ0) is 11.9. The predicted molar refractivity (Wildman–Crippen MR) is 60.7 cm³/mol. The van der Waals surface area contributed by atoms with E-state index < -0.39 is 17.2 Å². The number of rotatable bonds is 1. The number of nitrogens with one attached hydrogen (secondary N) is 1. The molecule has 0 atom stereocenters. The van der Waals surface area contributed by atoms with Gasteiger partial charge in [0.15, 0.2) is 0 Å². The van der Waals surface area contributed by atoms with Crippen LogP contribution in [0.2, 0.25) is 0 Å². The summed E-state index contributed by atoms with van der Waals surface area (Å²) in [6.07, 6.45) is 1.18. The largest absolute Gasteiger partial charge is 0.365 e. The lowest BCUT2D eigenvalue weighted by Gasteiger charge is -2.03. The number of hydrogen-bond donors (Lipinski definition) is 2. The van der Waals surface area contributed by atoms with Crippen molar-refractivity contribution < 1.29 is 9.18 Å². The topological polar surface area (TPSA) is 76.0 Å². The van der Waals surface area contributed by atoms with Crippen LogP contribution < -0.4 is 11.2 Å². The first-order chi connectivity index (χ1) is 7.52. The third-order valence-electron chi connectivity index (χ3n) is 2.20. The standard InChI is InChI=1S/C10H6BrFN2O2/c11-5-1-2-6(12)7-8(5)14-3-4(9(7)15)10(13)16/h1-3H,(H2,13,16)(H,14,15). The minimum absolute atomic E-state index is 0.175. The number of H-pyrrole nitrogens is 1. The molecule has 0 aliphatic rings. The second-order valence-corrected chi connectivity index (χ2v) is 4.03. The molecule has 1 aromatic heterocycles. The Morgan fingerprint density at radius 1 is 1.44 bits per heavy atom. The summed E-state index contributed by atoms with van der Waals surface area (Å²) in [6, 6.07) is 2.62. The minimum atomic E-state index is -0.887. The van der Waals surface area contributed by atoms with Crippen molar-refractivity contribution in [1.82, 2.24) is 4.98 Å². The molecule has 6 heteroatoms. The number of benzene rings is 1. The molecule has 1 aromatic carbocycles. The SMILES string of the molecule is NC(=O)c1c[nH]c2c(Br)ccc(F)c2c1=O. The lowest BCUT2D eigenvalue weighted by atomic mass is 10.1. The molecule has 1 amide bonds. The van der Waals surface area contributed by atoms with Crippen molar-refractivity contribution >= 4 is 32.7 Å². The Morgan fingerprint density at radius 3 is 2.75 bits per heavy atom. The highest BCUT2D eigenvalue weighted by molar-refractivity contribution is 9.10. The first-order valence-corrected chi connectivity index (χ1v) is 5.11. The zero-order valence-electron chi connectivity index (χ0n) is 7.88. The maximum Gasteiger partial charge on any atom is 0.254 e. The molecular weight excluding hydrogens is 279 g/mol.